The molecular weight excluding hydrogens is 152 g/mol. The van der Waals surface area contributed by atoms with Gasteiger partial charge in [0.1, 0.15) is 0 Å². The zero-order valence-corrected chi connectivity index (χ0v) is 8.44. The first-order valence-electron chi connectivity index (χ1n) is 4.77. The fourth-order valence-corrected chi connectivity index (χ4v) is 2.47. The van der Waals surface area contributed by atoms with Gasteiger partial charge in [0, 0.05) is 6.42 Å². The molecule has 2 atom stereocenters. The van der Waals surface area contributed by atoms with Crippen molar-refractivity contribution in [3.05, 3.63) is 0 Å². The lowest BCUT2D eigenvalue weighted by atomic mass is 9.83. The van der Waals surface area contributed by atoms with Crippen molar-refractivity contribution in [1.82, 2.24) is 0 Å². The number of rotatable bonds is 0. The maximum atomic E-state index is 5.97. The highest BCUT2D eigenvalue weighted by Gasteiger charge is 2.59. The summed E-state index contributed by atoms with van der Waals surface area (Å²) in [6.45, 7) is 8.48. The molecule has 0 aromatic rings. The van der Waals surface area contributed by atoms with Crippen molar-refractivity contribution < 1.29 is 9.47 Å². The van der Waals surface area contributed by atoms with Gasteiger partial charge in [-0.05, 0) is 40.5 Å². The van der Waals surface area contributed by atoms with Crippen LogP contribution in [0, 0.1) is 0 Å². The number of hydrogen-bond acceptors (Lipinski definition) is 2. The third-order valence-corrected chi connectivity index (χ3v) is 3.47. The average Bonchev–Trinajstić information content (AvgIpc) is 1.93. The van der Waals surface area contributed by atoms with Crippen molar-refractivity contribution >= 4 is 0 Å². The first-order valence-corrected chi connectivity index (χ1v) is 4.77. The molecule has 0 spiro atoms. The van der Waals surface area contributed by atoms with Gasteiger partial charge in [0.05, 0.1) is 11.2 Å². The largest absolute Gasteiger partial charge is 0.341 e. The van der Waals surface area contributed by atoms with Crippen LogP contribution in [-0.4, -0.2) is 17.0 Å². The molecule has 2 heteroatoms. The van der Waals surface area contributed by atoms with Gasteiger partial charge in [0.25, 0.3) is 0 Å². The van der Waals surface area contributed by atoms with Crippen LogP contribution in [0.25, 0.3) is 0 Å². The molecule has 2 aliphatic heterocycles. The van der Waals surface area contributed by atoms with E-state index in [0.29, 0.717) is 0 Å². The summed E-state index contributed by atoms with van der Waals surface area (Å²) in [6, 6.07) is 0. The van der Waals surface area contributed by atoms with E-state index in [0.717, 1.165) is 12.8 Å². The van der Waals surface area contributed by atoms with E-state index in [4.69, 9.17) is 9.47 Å². The van der Waals surface area contributed by atoms with Gasteiger partial charge in [0.2, 0.25) is 0 Å². The fraction of sp³-hybridized carbons (Fsp3) is 1.00. The SMILES string of the molecule is CC1(C)O[C@]2(C)CCC[C@@]1(C)O2. The Kier molecular flexibility index (Phi) is 1.45. The first-order chi connectivity index (χ1) is 5.37. The van der Waals surface area contributed by atoms with Gasteiger partial charge in [-0.2, -0.15) is 0 Å². The Bertz CT molecular complexity index is 208. The van der Waals surface area contributed by atoms with Gasteiger partial charge in [0.15, 0.2) is 5.79 Å². The van der Waals surface area contributed by atoms with Crippen LogP contribution in [0.4, 0.5) is 0 Å². The molecule has 2 bridgehead atoms. The van der Waals surface area contributed by atoms with Gasteiger partial charge in [-0.15, -0.1) is 0 Å². The summed E-state index contributed by atoms with van der Waals surface area (Å²) >= 11 is 0. The van der Waals surface area contributed by atoms with Crippen molar-refractivity contribution in [3.63, 3.8) is 0 Å². The minimum atomic E-state index is -0.309. The normalized spacial score (nSPS) is 51.0. The Labute approximate surface area is 74.2 Å². The number of fused-ring (bicyclic) bond motifs is 2. The first kappa shape index (κ1) is 8.52. The second kappa shape index (κ2) is 2.05. The third kappa shape index (κ3) is 0.944. The molecule has 2 heterocycles. The molecule has 0 aromatic heterocycles. The summed E-state index contributed by atoms with van der Waals surface area (Å²) in [6.07, 6.45) is 3.37. The highest BCUT2D eigenvalue weighted by molar-refractivity contribution is 5.03. The molecule has 0 radical (unpaired) electrons. The molecule has 0 unspecified atom stereocenters. The Morgan fingerprint density at radius 2 is 1.58 bits per heavy atom. The topological polar surface area (TPSA) is 18.5 Å². The minimum absolute atomic E-state index is 0.0694. The van der Waals surface area contributed by atoms with Gasteiger partial charge in [-0.1, -0.05) is 0 Å². The van der Waals surface area contributed by atoms with Crippen molar-refractivity contribution in [1.29, 1.82) is 0 Å². The maximum absolute atomic E-state index is 5.97. The van der Waals surface area contributed by atoms with Crippen LogP contribution in [0.3, 0.4) is 0 Å². The zero-order valence-electron chi connectivity index (χ0n) is 8.44. The molecule has 2 nitrogen and oxygen atoms in total. The van der Waals surface area contributed by atoms with E-state index in [9.17, 15) is 0 Å². The average molecular weight is 170 g/mol. The molecule has 2 fully saturated rings. The summed E-state index contributed by atoms with van der Waals surface area (Å²) in [5.41, 5.74) is -0.196. The van der Waals surface area contributed by atoms with E-state index < -0.39 is 0 Å². The van der Waals surface area contributed by atoms with E-state index in [1.807, 2.05) is 0 Å². The summed E-state index contributed by atoms with van der Waals surface area (Å²) in [5.74, 6) is -0.309. The van der Waals surface area contributed by atoms with E-state index >= 15 is 0 Å². The lowest BCUT2D eigenvalue weighted by Crippen LogP contribution is -2.45. The molecule has 0 amide bonds. The van der Waals surface area contributed by atoms with Crippen LogP contribution in [0.15, 0.2) is 0 Å². The lowest BCUT2D eigenvalue weighted by Gasteiger charge is -2.36. The van der Waals surface area contributed by atoms with Crippen LogP contribution in [0.5, 0.6) is 0 Å². The van der Waals surface area contributed by atoms with E-state index in [1.165, 1.54) is 6.42 Å². The molecule has 12 heavy (non-hydrogen) atoms. The second-order valence-corrected chi connectivity index (χ2v) is 4.93. The van der Waals surface area contributed by atoms with E-state index in [-0.39, 0.29) is 17.0 Å². The van der Waals surface area contributed by atoms with E-state index in [2.05, 4.69) is 27.7 Å². The Hall–Kier alpha value is -0.0800. The summed E-state index contributed by atoms with van der Waals surface area (Å²) in [4.78, 5) is 0. The lowest BCUT2D eigenvalue weighted by molar-refractivity contribution is -0.199. The zero-order chi connectivity index (χ0) is 9.04. The molecule has 0 N–H and O–H groups in total. The molecule has 0 aliphatic carbocycles. The summed E-state index contributed by atoms with van der Waals surface area (Å²) in [7, 11) is 0. The van der Waals surface area contributed by atoms with Gasteiger partial charge >= 0.3 is 0 Å². The highest BCUT2D eigenvalue weighted by Crippen LogP contribution is 2.51. The predicted molar refractivity (Wildman–Crippen MR) is 46.9 cm³/mol. The van der Waals surface area contributed by atoms with Crippen molar-refractivity contribution in [2.45, 2.75) is 63.9 Å². The van der Waals surface area contributed by atoms with Crippen LogP contribution < -0.4 is 0 Å². The minimum Gasteiger partial charge on any atom is -0.341 e. The standard InChI is InChI=1S/C10H18O2/c1-8(2)9(3)6-5-7-10(4,11-8)12-9/h5-7H2,1-4H3/t9-,10+/m1/s1. The molecule has 2 rings (SSSR count). The predicted octanol–water partition coefficient (Wildman–Crippen LogP) is 2.47. The smallest absolute Gasteiger partial charge is 0.167 e. The van der Waals surface area contributed by atoms with Crippen LogP contribution in [0.1, 0.15) is 47.0 Å². The van der Waals surface area contributed by atoms with Crippen LogP contribution in [0.2, 0.25) is 0 Å². The van der Waals surface area contributed by atoms with Crippen LogP contribution in [-0.2, 0) is 9.47 Å². The number of hydrogen-bond donors (Lipinski definition) is 0. The molecule has 0 saturated carbocycles. The summed E-state index contributed by atoms with van der Waals surface area (Å²) < 4.78 is 11.9. The Morgan fingerprint density at radius 3 is 2.08 bits per heavy atom. The van der Waals surface area contributed by atoms with Gasteiger partial charge < -0.3 is 9.47 Å². The van der Waals surface area contributed by atoms with Crippen molar-refractivity contribution in [2.75, 3.05) is 0 Å². The molecule has 0 aromatic carbocycles. The summed E-state index contributed by atoms with van der Waals surface area (Å²) in [5, 5.41) is 0. The third-order valence-electron chi connectivity index (χ3n) is 3.47. The fourth-order valence-electron chi connectivity index (χ4n) is 2.47. The van der Waals surface area contributed by atoms with Crippen molar-refractivity contribution in [2.24, 2.45) is 0 Å². The molecule has 2 saturated heterocycles. The molecule has 70 valence electrons. The van der Waals surface area contributed by atoms with E-state index in [1.54, 1.807) is 0 Å². The molecule has 2 aliphatic rings. The second-order valence-electron chi connectivity index (χ2n) is 4.93. The number of ether oxygens (including phenoxy) is 2. The Balaban J connectivity index is 2.35. The Morgan fingerprint density at radius 1 is 0.917 bits per heavy atom. The van der Waals surface area contributed by atoms with Gasteiger partial charge in [-0.3, -0.25) is 0 Å². The monoisotopic (exact) mass is 170 g/mol. The van der Waals surface area contributed by atoms with Gasteiger partial charge in [-0.25, -0.2) is 0 Å². The highest BCUT2D eigenvalue weighted by atomic mass is 16.8. The maximum Gasteiger partial charge on any atom is 0.167 e. The molecular formula is C10H18O2. The van der Waals surface area contributed by atoms with Crippen molar-refractivity contribution in [3.8, 4) is 0 Å². The quantitative estimate of drug-likeness (QED) is 0.556. The van der Waals surface area contributed by atoms with Crippen LogP contribution >= 0.6 is 0 Å².